The van der Waals surface area contributed by atoms with Crippen LogP contribution in [-0.4, -0.2) is 12.9 Å². The normalized spacial score (nSPS) is 14.2. The first-order chi connectivity index (χ1) is 14.1. The van der Waals surface area contributed by atoms with Crippen LogP contribution in [0.15, 0.2) is 70.5 Å². The summed E-state index contributed by atoms with van der Waals surface area (Å²) in [5.74, 6) is 0.518. The van der Waals surface area contributed by atoms with Crippen molar-refractivity contribution in [1.29, 1.82) is 0 Å². The van der Waals surface area contributed by atoms with Gasteiger partial charge >= 0.3 is 0 Å². The van der Waals surface area contributed by atoms with Crippen molar-refractivity contribution in [3.05, 3.63) is 93.1 Å². The number of hydrogen-bond acceptors (Lipinski definition) is 4. The second-order valence-electron chi connectivity index (χ2n) is 6.34. The van der Waals surface area contributed by atoms with Gasteiger partial charge in [-0.15, -0.1) is 0 Å². The number of carbonyl (C=O) groups excluding carboxylic acids is 1. The van der Waals surface area contributed by atoms with Crippen LogP contribution in [0.4, 0.5) is 4.39 Å². The Morgan fingerprint density at radius 2 is 1.90 bits per heavy atom. The van der Waals surface area contributed by atoms with Crippen molar-refractivity contribution < 1.29 is 18.7 Å². The Hall–Kier alpha value is -2.76. The largest absolute Gasteiger partial charge is 0.493 e. The monoisotopic (exact) mass is 426 g/mol. The van der Waals surface area contributed by atoms with Gasteiger partial charge < -0.3 is 9.47 Å². The molecule has 1 heterocycles. The van der Waals surface area contributed by atoms with Crippen LogP contribution in [0.25, 0.3) is 6.08 Å². The van der Waals surface area contributed by atoms with Crippen LogP contribution >= 0.6 is 23.4 Å². The number of rotatable bonds is 5. The molecule has 3 aromatic rings. The van der Waals surface area contributed by atoms with E-state index in [-0.39, 0.29) is 18.0 Å². The van der Waals surface area contributed by atoms with Crippen LogP contribution in [0.2, 0.25) is 5.02 Å². The Bertz CT molecular complexity index is 1110. The first-order valence-corrected chi connectivity index (χ1v) is 10.0. The van der Waals surface area contributed by atoms with E-state index in [4.69, 9.17) is 21.1 Å². The topological polar surface area (TPSA) is 35.5 Å². The van der Waals surface area contributed by atoms with Crippen molar-refractivity contribution >= 4 is 35.2 Å². The van der Waals surface area contributed by atoms with E-state index < -0.39 is 5.82 Å². The molecule has 6 heteroatoms. The molecule has 0 unspecified atom stereocenters. The predicted molar refractivity (Wildman–Crippen MR) is 113 cm³/mol. The third-order valence-electron chi connectivity index (χ3n) is 4.49. The first-order valence-electron chi connectivity index (χ1n) is 8.84. The SMILES string of the molecule is COc1ccc(/C=C2\Sc3ccccc3C2=O)cc1OCc1c(F)cccc1Cl. The van der Waals surface area contributed by atoms with Crippen molar-refractivity contribution in [3.8, 4) is 11.5 Å². The molecule has 29 heavy (non-hydrogen) atoms. The molecule has 0 amide bonds. The number of carbonyl (C=O) groups is 1. The summed E-state index contributed by atoms with van der Waals surface area (Å²) >= 11 is 7.51. The second kappa shape index (κ2) is 8.31. The van der Waals surface area contributed by atoms with Gasteiger partial charge in [0.15, 0.2) is 11.5 Å². The Morgan fingerprint density at radius 3 is 2.66 bits per heavy atom. The van der Waals surface area contributed by atoms with Crippen LogP contribution in [0, 0.1) is 5.82 Å². The summed E-state index contributed by atoms with van der Waals surface area (Å²) in [5, 5.41) is 0.299. The fraction of sp³-hybridized carbons (Fsp3) is 0.0870. The number of ketones is 1. The summed E-state index contributed by atoms with van der Waals surface area (Å²) in [4.78, 5) is 14.2. The highest BCUT2D eigenvalue weighted by Gasteiger charge is 2.25. The number of halogens is 2. The zero-order valence-electron chi connectivity index (χ0n) is 15.4. The van der Waals surface area contributed by atoms with E-state index in [1.54, 1.807) is 24.3 Å². The third-order valence-corrected chi connectivity index (χ3v) is 5.95. The third kappa shape index (κ3) is 4.02. The van der Waals surface area contributed by atoms with Gasteiger partial charge in [0, 0.05) is 16.0 Å². The molecular formula is C23H16ClFO3S. The molecule has 0 aliphatic carbocycles. The number of methoxy groups -OCH3 is 1. The van der Waals surface area contributed by atoms with Crippen LogP contribution in [-0.2, 0) is 6.61 Å². The van der Waals surface area contributed by atoms with Gasteiger partial charge in [0.25, 0.3) is 0 Å². The summed E-state index contributed by atoms with van der Waals surface area (Å²) in [6, 6.07) is 17.4. The molecule has 3 aromatic carbocycles. The minimum Gasteiger partial charge on any atom is -0.493 e. The number of benzene rings is 3. The number of allylic oxidation sites excluding steroid dienone is 1. The molecule has 4 rings (SSSR count). The lowest BCUT2D eigenvalue weighted by Gasteiger charge is -2.13. The average Bonchev–Trinajstić information content (AvgIpc) is 3.03. The molecule has 0 aromatic heterocycles. The van der Waals surface area contributed by atoms with Crippen molar-refractivity contribution in [2.75, 3.05) is 7.11 Å². The van der Waals surface area contributed by atoms with Gasteiger partial charge in [-0.25, -0.2) is 4.39 Å². The smallest absolute Gasteiger partial charge is 0.200 e. The molecule has 0 fully saturated rings. The van der Waals surface area contributed by atoms with Crippen molar-refractivity contribution in [2.45, 2.75) is 11.5 Å². The molecule has 3 nitrogen and oxygen atoms in total. The highest BCUT2D eigenvalue weighted by molar-refractivity contribution is 8.04. The standard InChI is InChI=1S/C23H16ClFO3S/c1-27-19-10-9-14(12-22-23(26)15-5-2-3-8-21(15)29-22)11-20(19)28-13-16-17(24)6-4-7-18(16)25/h2-12H,13H2,1H3/b22-12-. The Kier molecular flexibility index (Phi) is 5.60. The maximum absolute atomic E-state index is 14.0. The van der Waals surface area contributed by atoms with Crippen LogP contribution in [0.1, 0.15) is 21.5 Å². The van der Waals surface area contributed by atoms with E-state index in [1.165, 1.54) is 24.9 Å². The number of thioether (sulfide) groups is 1. The van der Waals surface area contributed by atoms with E-state index in [1.807, 2.05) is 36.4 Å². The minimum atomic E-state index is -0.430. The minimum absolute atomic E-state index is 0.00187. The number of hydrogen-bond donors (Lipinski definition) is 0. The molecule has 1 aliphatic heterocycles. The van der Waals surface area contributed by atoms with Crippen LogP contribution in [0.5, 0.6) is 11.5 Å². The Labute approximate surface area is 177 Å². The second-order valence-corrected chi connectivity index (χ2v) is 7.83. The molecule has 0 spiro atoms. The van der Waals surface area contributed by atoms with Gasteiger partial charge in [-0.1, -0.05) is 47.6 Å². The number of Topliss-reactive ketones (excluding diaryl/α,β-unsaturated/α-hetero) is 1. The summed E-state index contributed by atoms with van der Waals surface area (Å²) in [6.45, 7) is -0.0407. The van der Waals surface area contributed by atoms with Gasteiger partial charge in [0.2, 0.25) is 5.78 Å². The van der Waals surface area contributed by atoms with Crippen LogP contribution in [0.3, 0.4) is 0 Å². The molecule has 146 valence electrons. The molecule has 0 bridgehead atoms. The maximum Gasteiger partial charge on any atom is 0.200 e. The lowest BCUT2D eigenvalue weighted by atomic mass is 10.1. The average molecular weight is 427 g/mol. The Morgan fingerprint density at radius 1 is 1.07 bits per heavy atom. The Balaban J connectivity index is 1.60. The molecular weight excluding hydrogens is 411 g/mol. The van der Waals surface area contributed by atoms with Crippen molar-refractivity contribution in [2.24, 2.45) is 0 Å². The molecule has 1 aliphatic rings. The molecule has 0 radical (unpaired) electrons. The highest BCUT2D eigenvalue weighted by atomic mass is 35.5. The van der Waals surface area contributed by atoms with Gasteiger partial charge in [-0.3, -0.25) is 4.79 Å². The summed E-state index contributed by atoms with van der Waals surface area (Å²) in [5.41, 5.74) is 1.77. The van der Waals surface area contributed by atoms with Gasteiger partial charge in [0.1, 0.15) is 12.4 Å². The van der Waals surface area contributed by atoms with E-state index in [0.717, 1.165) is 10.5 Å². The van der Waals surface area contributed by atoms with Crippen LogP contribution < -0.4 is 9.47 Å². The lowest BCUT2D eigenvalue weighted by Crippen LogP contribution is -2.01. The highest BCUT2D eigenvalue weighted by Crippen LogP contribution is 2.41. The zero-order chi connectivity index (χ0) is 20.4. The van der Waals surface area contributed by atoms with E-state index in [2.05, 4.69) is 0 Å². The maximum atomic E-state index is 14.0. The predicted octanol–water partition coefficient (Wildman–Crippen LogP) is 6.40. The molecule has 0 saturated carbocycles. The molecule has 0 atom stereocenters. The fourth-order valence-corrected chi connectivity index (χ4v) is 4.27. The van der Waals surface area contributed by atoms with Crippen molar-refractivity contribution in [1.82, 2.24) is 0 Å². The number of fused-ring (bicyclic) bond motifs is 1. The van der Waals surface area contributed by atoms with Gasteiger partial charge in [0.05, 0.1) is 17.0 Å². The summed E-state index contributed by atoms with van der Waals surface area (Å²) < 4.78 is 25.2. The first kappa shape index (κ1) is 19.6. The van der Waals surface area contributed by atoms with E-state index in [0.29, 0.717) is 27.0 Å². The van der Waals surface area contributed by atoms with E-state index >= 15 is 0 Å². The molecule has 0 N–H and O–H groups in total. The summed E-state index contributed by atoms with van der Waals surface area (Å²) in [6.07, 6.45) is 1.81. The van der Waals surface area contributed by atoms with Crippen molar-refractivity contribution in [3.63, 3.8) is 0 Å². The number of ether oxygens (including phenoxy) is 2. The molecule has 0 saturated heterocycles. The zero-order valence-corrected chi connectivity index (χ0v) is 17.0. The fourth-order valence-electron chi connectivity index (χ4n) is 3.00. The lowest BCUT2D eigenvalue weighted by molar-refractivity contribution is 0.104. The van der Waals surface area contributed by atoms with Gasteiger partial charge in [-0.2, -0.15) is 0 Å². The summed E-state index contributed by atoms with van der Waals surface area (Å²) in [7, 11) is 1.53. The van der Waals surface area contributed by atoms with Gasteiger partial charge in [-0.05, 0) is 48.0 Å². The van der Waals surface area contributed by atoms with E-state index in [9.17, 15) is 9.18 Å². The quantitative estimate of drug-likeness (QED) is 0.442.